The van der Waals surface area contributed by atoms with Crippen molar-refractivity contribution in [2.24, 2.45) is 0 Å². The number of carbonyl (C=O) groups excluding carboxylic acids is 2. The minimum Gasteiger partial charge on any atom is -0.436 e. The first kappa shape index (κ1) is 13.3. The van der Waals surface area contributed by atoms with Crippen LogP contribution in [0, 0.1) is 0 Å². The Balaban J connectivity index is 1.80. The molecule has 1 aliphatic carbocycles. The number of carbonyl (C=O) groups is 2. The van der Waals surface area contributed by atoms with Crippen LogP contribution in [0.25, 0.3) is 0 Å². The predicted molar refractivity (Wildman–Crippen MR) is 82.7 cm³/mol. The van der Waals surface area contributed by atoms with E-state index >= 15 is 0 Å². The number of nitrogens with zero attached hydrogens (tertiary/aromatic N) is 1. The van der Waals surface area contributed by atoms with Gasteiger partial charge in [-0.05, 0) is 26.2 Å². The maximum atomic E-state index is 12.6. The van der Waals surface area contributed by atoms with Crippen molar-refractivity contribution in [3.63, 3.8) is 0 Å². The van der Waals surface area contributed by atoms with E-state index < -0.39 is 0 Å². The molecule has 0 N–H and O–H groups in total. The lowest BCUT2D eigenvalue weighted by Gasteiger charge is -2.33. The molecule has 4 nitrogen and oxygen atoms in total. The first-order valence-corrected chi connectivity index (χ1v) is 7.75. The maximum absolute atomic E-state index is 12.6. The van der Waals surface area contributed by atoms with Crippen molar-refractivity contribution in [1.29, 1.82) is 0 Å². The Morgan fingerprint density at radius 3 is 2.50 bits per heavy atom. The van der Waals surface area contributed by atoms with E-state index in [1.165, 1.54) is 6.42 Å². The van der Waals surface area contributed by atoms with Gasteiger partial charge in [0.15, 0.2) is 17.4 Å². The van der Waals surface area contributed by atoms with Gasteiger partial charge in [0, 0.05) is 29.8 Å². The number of hydrogen-bond donors (Lipinski definition) is 0. The highest BCUT2D eigenvalue weighted by atomic mass is 16.4. The third-order valence-corrected chi connectivity index (χ3v) is 4.67. The third kappa shape index (κ3) is 1.83. The molecule has 0 saturated carbocycles. The highest BCUT2D eigenvalue weighted by Crippen LogP contribution is 2.34. The summed E-state index contributed by atoms with van der Waals surface area (Å²) in [6.45, 7) is 3.06. The summed E-state index contributed by atoms with van der Waals surface area (Å²) >= 11 is 0. The molecular formula is C18H17NO3. The molecule has 0 radical (unpaired) electrons. The Kier molecular flexibility index (Phi) is 2.93. The van der Waals surface area contributed by atoms with Crippen molar-refractivity contribution >= 4 is 17.5 Å². The molecule has 112 valence electrons. The number of rotatable bonds is 1. The molecule has 1 saturated heterocycles. The van der Waals surface area contributed by atoms with Gasteiger partial charge in [0.25, 0.3) is 0 Å². The van der Waals surface area contributed by atoms with Crippen LogP contribution in [0.15, 0.2) is 34.7 Å². The minimum absolute atomic E-state index is 0.120. The molecule has 2 aliphatic rings. The van der Waals surface area contributed by atoms with Gasteiger partial charge in [0.1, 0.15) is 0 Å². The number of benzene rings is 1. The lowest BCUT2D eigenvalue weighted by atomic mass is 9.89. The summed E-state index contributed by atoms with van der Waals surface area (Å²) in [5, 5.41) is 0. The zero-order valence-corrected chi connectivity index (χ0v) is 12.5. The molecule has 1 aromatic heterocycles. The van der Waals surface area contributed by atoms with Crippen molar-refractivity contribution in [2.75, 3.05) is 11.4 Å². The molecule has 2 heterocycles. The number of fused-ring (bicyclic) bond motifs is 2. The molecule has 2 aromatic rings. The Hall–Kier alpha value is -2.36. The van der Waals surface area contributed by atoms with Gasteiger partial charge in [-0.3, -0.25) is 9.59 Å². The van der Waals surface area contributed by atoms with Crippen LogP contribution in [0.2, 0.25) is 0 Å². The van der Waals surface area contributed by atoms with E-state index in [-0.39, 0.29) is 17.3 Å². The van der Waals surface area contributed by atoms with Crippen LogP contribution in [0.3, 0.4) is 0 Å². The van der Waals surface area contributed by atoms with Gasteiger partial charge < -0.3 is 9.32 Å². The fourth-order valence-corrected chi connectivity index (χ4v) is 3.43. The van der Waals surface area contributed by atoms with E-state index in [4.69, 9.17) is 4.42 Å². The Labute approximate surface area is 128 Å². The summed E-state index contributed by atoms with van der Waals surface area (Å²) in [4.78, 5) is 27.3. The second kappa shape index (κ2) is 4.83. The smallest absolute Gasteiger partial charge is 0.229 e. The van der Waals surface area contributed by atoms with E-state index in [0.717, 1.165) is 19.4 Å². The van der Waals surface area contributed by atoms with Crippen LogP contribution in [0.1, 0.15) is 58.2 Å². The van der Waals surface area contributed by atoms with Gasteiger partial charge in [-0.25, -0.2) is 0 Å². The number of anilines is 1. The van der Waals surface area contributed by atoms with E-state index in [1.807, 2.05) is 0 Å². The fraction of sp³-hybridized carbons (Fsp3) is 0.333. The van der Waals surface area contributed by atoms with Crippen LogP contribution in [-0.4, -0.2) is 24.2 Å². The topological polar surface area (TPSA) is 50.5 Å². The lowest BCUT2D eigenvalue weighted by molar-refractivity contribution is 0.0960. The van der Waals surface area contributed by atoms with Gasteiger partial charge in [0.05, 0.1) is 5.56 Å². The van der Waals surface area contributed by atoms with Gasteiger partial charge in [0.2, 0.25) is 5.78 Å². The van der Waals surface area contributed by atoms with E-state index in [9.17, 15) is 9.59 Å². The second-order valence-electron chi connectivity index (χ2n) is 6.07. The van der Waals surface area contributed by atoms with Gasteiger partial charge in [-0.1, -0.05) is 24.3 Å². The zero-order valence-electron chi connectivity index (χ0n) is 12.5. The van der Waals surface area contributed by atoms with Crippen molar-refractivity contribution < 1.29 is 14.0 Å². The van der Waals surface area contributed by atoms with E-state index in [0.29, 0.717) is 28.6 Å². The SMILES string of the molecule is CC1CCCCN1c1cc2c(o1)C(=O)c1ccccc1C2=O. The molecule has 22 heavy (non-hydrogen) atoms. The molecule has 1 fully saturated rings. The van der Waals surface area contributed by atoms with Gasteiger partial charge >= 0.3 is 0 Å². The van der Waals surface area contributed by atoms with Crippen LogP contribution in [0.4, 0.5) is 5.88 Å². The van der Waals surface area contributed by atoms with Crippen molar-refractivity contribution in [3.8, 4) is 0 Å². The summed E-state index contributed by atoms with van der Waals surface area (Å²) in [7, 11) is 0. The largest absolute Gasteiger partial charge is 0.436 e. The molecule has 1 aromatic carbocycles. The van der Waals surface area contributed by atoms with Crippen molar-refractivity contribution in [2.45, 2.75) is 32.2 Å². The van der Waals surface area contributed by atoms with Gasteiger partial charge in [-0.2, -0.15) is 0 Å². The first-order chi connectivity index (χ1) is 10.7. The summed E-state index contributed by atoms with van der Waals surface area (Å²) in [5.41, 5.74) is 1.31. The van der Waals surface area contributed by atoms with Crippen LogP contribution in [-0.2, 0) is 0 Å². The fourth-order valence-electron chi connectivity index (χ4n) is 3.43. The van der Waals surface area contributed by atoms with Gasteiger partial charge in [-0.15, -0.1) is 0 Å². The Morgan fingerprint density at radius 1 is 1.05 bits per heavy atom. The molecule has 4 rings (SSSR count). The average molecular weight is 295 g/mol. The number of piperidine rings is 1. The second-order valence-corrected chi connectivity index (χ2v) is 6.07. The molecular weight excluding hydrogens is 278 g/mol. The standard InChI is InChI=1S/C18H17NO3/c1-11-6-4-5-9-19(11)15-10-14-16(20)12-7-2-3-8-13(12)17(21)18(14)22-15/h2-3,7-8,10-11H,4-6,9H2,1H3. The quantitative estimate of drug-likeness (QED) is 0.690. The highest BCUT2D eigenvalue weighted by molar-refractivity contribution is 6.27. The molecule has 1 unspecified atom stereocenters. The number of ketones is 2. The van der Waals surface area contributed by atoms with E-state index in [2.05, 4.69) is 11.8 Å². The van der Waals surface area contributed by atoms with Crippen LogP contribution >= 0.6 is 0 Å². The summed E-state index contributed by atoms with van der Waals surface area (Å²) in [6, 6.07) is 9.05. The highest BCUT2D eigenvalue weighted by Gasteiger charge is 2.35. The Morgan fingerprint density at radius 2 is 1.77 bits per heavy atom. The Bertz CT molecular complexity index is 722. The van der Waals surface area contributed by atoms with Crippen LogP contribution in [0.5, 0.6) is 0 Å². The molecule has 0 spiro atoms. The normalized spacial score (nSPS) is 20.8. The molecule has 0 bridgehead atoms. The van der Waals surface area contributed by atoms with Crippen molar-refractivity contribution in [3.05, 3.63) is 52.8 Å². The molecule has 4 heteroatoms. The number of furan rings is 1. The third-order valence-electron chi connectivity index (χ3n) is 4.67. The average Bonchev–Trinajstić information content (AvgIpc) is 2.98. The maximum Gasteiger partial charge on any atom is 0.229 e. The van der Waals surface area contributed by atoms with Crippen molar-refractivity contribution in [1.82, 2.24) is 0 Å². The minimum atomic E-state index is -0.193. The zero-order chi connectivity index (χ0) is 15.3. The summed E-state index contributed by atoms with van der Waals surface area (Å²) < 4.78 is 5.81. The summed E-state index contributed by atoms with van der Waals surface area (Å²) in [5.74, 6) is 0.522. The molecule has 1 atom stereocenters. The monoisotopic (exact) mass is 295 g/mol. The molecule has 0 amide bonds. The van der Waals surface area contributed by atoms with Crippen LogP contribution < -0.4 is 4.90 Å². The lowest BCUT2D eigenvalue weighted by Crippen LogP contribution is -2.37. The predicted octanol–water partition coefficient (Wildman–Crippen LogP) is 3.43. The number of hydrogen-bond acceptors (Lipinski definition) is 4. The summed E-state index contributed by atoms with van der Waals surface area (Å²) in [6.07, 6.45) is 3.42. The first-order valence-electron chi connectivity index (χ1n) is 7.75. The van der Waals surface area contributed by atoms with E-state index in [1.54, 1.807) is 30.3 Å². The molecule has 1 aliphatic heterocycles.